The second-order valence-electron chi connectivity index (χ2n) is 4.81. The van der Waals surface area contributed by atoms with E-state index in [0.29, 0.717) is 19.8 Å². The molecule has 0 spiro atoms. The van der Waals surface area contributed by atoms with Crippen LogP contribution in [0.3, 0.4) is 0 Å². The second-order valence-corrected chi connectivity index (χ2v) is 6.08. The van der Waals surface area contributed by atoms with Crippen LogP contribution in [-0.4, -0.2) is 31.0 Å². The first-order valence-electron chi connectivity index (χ1n) is 7.47. The zero-order valence-corrected chi connectivity index (χ0v) is 13.4. The molecular weight excluding hydrogens is 288 g/mol. The summed E-state index contributed by atoms with van der Waals surface area (Å²) in [5.74, 6) is 1.40. The van der Waals surface area contributed by atoms with Gasteiger partial charge in [0.1, 0.15) is 5.25 Å². The number of carbonyl (C=O) groups is 1. The van der Waals surface area contributed by atoms with Crippen LogP contribution < -0.4 is 9.47 Å². The third-order valence-electron chi connectivity index (χ3n) is 3.10. The molecule has 2 rings (SSSR count). The molecule has 0 bridgehead atoms. The Morgan fingerprint density at radius 2 is 2.05 bits per heavy atom. The molecule has 0 aromatic heterocycles. The fourth-order valence-corrected chi connectivity index (χ4v) is 3.27. The molecular formula is C16H22O4S. The van der Waals surface area contributed by atoms with Crippen molar-refractivity contribution in [2.45, 2.75) is 43.3 Å². The van der Waals surface area contributed by atoms with Crippen molar-refractivity contribution < 1.29 is 19.0 Å². The van der Waals surface area contributed by atoms with E-state index in [1.807, 2.05) is 25.1 Å². The van der Waals surface area contributed by atoms with E-state index < -0.39 is 0 Å². The van der Waals surface area contributed by atoms with Gasteiger partial charge in [0.05, 0.1) is 19.8 Å². The molecule has 5 heteroatoms. The smallest absolute Gasteiger partial charge is 0.319 e. The molecule has 1 heterocycles. The number of rotatable bonds is 6. The van der Waals surface area contributed by atoms with Crippen LogP contribution in [0.4, 0.5) is 0 Å². The maximum Gasteiger partial charge on any atom is 0.319 e. The van der Waals surface area contributed by atoms with Gasteiger partial charge in [0.15, 0.2) is 11.5 Å². The van der Waals surface area contributed by atoms with Crippen LogP contribution in [0.15, 0.2) is 23.1 Å². The standard InChI is InChI=1S/C16H22O4S/c1-3-6-15(16(17)18-4-2)21-12-7-8-13-14(11-12)20-10-5-9-19-13/h7-8,11,15H,3-6,9-10H2,1-2H3. The predicted octanol–water partition coefficient (Wildman–Crippen LogP) is 3.67. The number of ether oxygens (including phenoxy) is 3. The number of esters is 1. The molecule has 1 aliphatic heterocycles. The molecule has 21 heavy (non-hydrogen) atoms. The largest absolute Gasteiger partial charge is 0.490 e. The zero-order valence-electron chi connectivity index (χ0n) is 12.6. The summed E-state index contributed by atoms with van der Waals surface area (Å²) in [6.45, 7) is 5.67. The van der Waals surface area contributed by atoms with E-state index in [-0.39, 0.29) is 11.2 Å². The van der Waals surface area contributed by atoms with Crippen LogP contribution in [0.2, 0.25) is 0 Å². The fraction of sp³-hybridized carbons (Fsp3) is 0.562. The predicted molar refractivity (Wildman–Crippen MR) is 83.2 cm³/mol. The lowest BCUT2D eigenvalue weighted by atomic mass is 10.2. The highest BCUT2D eigenvalue weighted by molar-refractivity contribution is 8.00. The van der Waals surface area contributed by atoms with Crippen LogP contribution in [0.1, 0.15) is 33.1 Å². The molecule has 1 aromatic carbocycles. The molecule has 1 atom stereocenters. The number of thioether (sulfide) groups is 1. The Kier molecular flexibility index (Phi) is 6.23. The number of hydrogen-bond donors (Lipinski definition) is 0. The number of carbonyl (C=O) groups excluding carboxylic acids is 1. The maximum atomic E-state index is 12.0. The molecule has 0 amide bonds. The van der Waals surface area contributed by atoms with E-state index in [1.165, 1.54) is 11.8 Å². The minimum absolute atomic E-state index is 0.142. The van der Waals surface area contributed by atoms with Gasteiger partial charge in [-0.05, 0) is 31.5 Å². The normalized spacial score (nSPS) is 15.1. The summed E-state index contributed by atoms with van der Waals surface area (Å²) in [7, 11) is 0. The lowest BCUT2D eigenvalue weighted by Crippen LogP contribution is -2.20. The minimum atomic E-state index is -0.167. The third-order valence-corrected chi connectivity index (χ3v) is 4.34. The van der Waals surface area contributed by atoms with Crippen LogP contribution in [0.5, 0.6) is 11.5 Å². The average molecular weight is 310 g/mol. The monoisotopic (exact) mass is 310 g/mol. The second kappa shape index (κ2) is 8.17. The molecule has 0 saturated carbocycles. The molecule has 4 nitrogen and oxygen atoms in total. The Labute approximate surface area is 130 Å². The number of hydrogen-bond acceptors (Lipinski definition) is 5. The van der Waals surface area contributed by atoms with Crippen molar-refractivity contribution in [1.82, 2.24) is 0 Å². The van der Waals surface area contributed by atoms with E-state index in [1.54, 1.807) is 0 Å². The summed E-state index contributed by atoms with van der Waals surface area (Å²) in [5.41, 5.74) is 0. The molecule has 0 fully saturated rings. The highest BCUT2D eigenvalue weighted by Gasteiger charge is 2.21. The minimum Gasteiger partial charge on any atom is -0.490 e. The molecule has 1 unspecified atom stereocenters. The summed E-state index contributed by atoms with van der Waals surface area (Å²) in [6.07, 6.45) is 2.64. The first-order valence-corrected chi connectivity index (χ1v) is 8.35. The van der Waals surface area contributed by atoms with Gasteiger partial charge < -0.3 is 14.2 Å². The summed E-state index contributed by atoms with van der Waals surface area (Å²) in [6, 6.07) is 5.84. The van der Waals surface area contributed by atoms with Gasteiger partial charge in [0.2, 0.25) is 0 Å². The summed E-state index contributed by atoms with van der Waals surface area (Å²) < 4.78 is 16.4. The highest BCUT2D eigenvalue weighted by atomic mass is 32.2. The van der Waals surface area contributed by atoms with Crippen molar-refractivity contribution in [2.24, 2.45) is 0 Å². The van der Waals surface area contributed by atoms with Gasteiger partial charge in [-0.2, -0.15) is 0 Å². The SMILES string of the molecule is CCCC(Sc1ccc2c(c1)OCCCO2)C(=O)OCC. The number of fused-ring (bicyclic) bond motifs is 1. The van der Waals surface area contributed by atoms with E-state index >= 15 is 0 Å². The van der Waals surface area contributed by atoms with Crippen molar-refractivity contribution in [3.05, 3.63) is 18.2 Å². The zero-order chi connectivity index (χ0) is 15.1. The third kappa shape index (κ3) is 4.56. The number of benzene rings is 1. The first-order chi connectivity index (χ1) is 10.2. The quantitative estimate of drug-likeness (QED) is 0.592. The van der Waals surface area contributed by atoms with Crippen LogP contribution in [0.25, 0.3) is 0 Å². The van der Waals surface area contributed by atoms with Gasteiger partial charge >= 0.3 is 5.97 Å². The Morgan fingerprint density at radius 1 is 1.29 bits per heavy atom. The molecule has 0 aliphatic carbocycles. The molecule has 116 valence electrons. The van der Waals surface area contributed by atoms with Crippen molar-refractivity contribution >= 4 is 17.7 Å². The topological polar surface area (TPSA) is 44.8 Å². The molecule has 0 radical (unpaired) electrons. The van der Waals surface area contributed by atoms with Crippen molar-refractivity contribution in [3.8, 4) is 11.5 Å². The first kappa shape index (κ1) is 16.0. The van der Waals surface area contributed by atoms with Crippen molar-refractivity contribution in [1.29, 1.82) is 0 Å². The highest BCUT2D eigenvalue weighted by Crippen LogP contribution is 2.36. The van der Waals surface area contributed by atoms with E-state index in [2.05, 4.69) is 6.92 Å². The van der Waals surface area contributed by atoms with Crippen LogP contribution in [-0.2, 0) is 9.53 Å². The molecule has 0 N–H and O–H groups in total. The van der Waals surface area contributed by atoms with Gasteiger partial charge in [-0.25, -0.2) is 0 Å². The fourth-order valence-electron chi connectivity index (χ4n) is 2.10. The van der Waals surface area contributed by atoms with E-state index in [4.69, 9.17) is 14.2 Å². The van der Waals surface area contributed by atoms with Gasteiger partial charge in [0, 0.05) is 11.3 Å². The Bertz CT molecular complexity index is 475. The lowest BCUT2D eigenvalue weighted by Gasteiger charge is -2.15. The van der Waals surface area contributed by atoms with E-state index in [9.17, 15) is 4.79 Å². The lowest BCUT2D eigenvalue weighted by molar-refractivity contribution is -0.142. The Morgan fingerprint density at radius 3 is 2.76 bits per heavy atom. The van der Waals surface area contributed by atoms with Gasteiger partial charge in [-0.3, -0.25) is 4.79 Å². The Hall–Kier alpha value is -1.36. The van der Waals surface area contributed by atoms with Gasteiger partial charge in [-0.15, -0.1) is 11.8 Å². The van der Waals surface area contributed by atoms with Gasteiger partial charge in [0.25, 0.3) is 0 Å². The molecule has 0 saturated heterocycles. The van der Waals surface area contributed by atoms with E-state index in [0.717, 1.165) is 35.7 Å². The van der Waals surface area contributed by atoms with Crippen LogP contribution in [0, 0.1) is 0 Å². The van der Waals surface area contributed by atoms with Crippen molar-refractivity contribution in [2.75, 3.05) is 19.8 Å². The summed E-state index contributed by atoms with van der Waals surface area (Å²) >= 11 is 1.53. The summed E-state index contributed by atoms with van der Waals surface area (Å²) in [5, 5.41) is -0.167. The van der Waals surface area contributed by atoms with Crippen LogP contribution >= 0.6 is 11.8 Å². The van der Waals surface area contributed by atoms with Gasteiger partial charge in [-0.1, -0.05) is 13.3 Å². The maximum absolute atomic E-state index is 12.0. The van der Waals surface area contributed by atoms with Crippen molar-refractivity contribution in [3.63, 3.8) is 0 Å². The average Bonchev–Trinajstić information content (AvgIpc) is 2.72. The summed E-state index contributed by atoms with van der Waals surface area (Å²) in [4.78, 5) is 13.0. The molecule has 1 aliphatic rings. The Balaban J connectivity index is 2.09. The molecule has 1 aromatic rings.